The fourth-order valence-electron chi connectivity index (χ4n) is 2.16. The van der Waals surface area contributed by atoms with Crippen LogP contribution in [-0.4, -0.2) is 23.2 Å². The quantitative estimate of drug-likeness (QED) is 0.722. The first-order chi connectivity index (χ1) is 11.2. The van der Waals surface area contributed by atoms with Gasteiger partial charge >= 0.3 is 5.97 Å². The molecule has 0 unspecified atom stereocenters. The predicted octanol–water partition coefficient (Wildman–Crippen LogP) is 3.51. The summed E-state index contributed by atoms with van der Waals surface area (Å²) in [7, 11) is 1.37. The number of nitrogens with zero attached hydrogens (tertiary/aromatic N) is 2. The minimum atomic E-state index is -0.358. The second-order valence-corrected chi connectivity index (χ2v) is 5.63. The minimum Gasteiger partial charge on any atom is -0.465 e. The smallest absolute Gasteiger partial charge is 0.338 e. The Morgan fingerprint density at radius 1 is 1.39 bits per heavy atom. The Hall–Kier alpha value is -2.67. The van der Waals surface area contributed by atoms with Crippen LogP contribution in [0.3, 0.4) is 0 Å². The Morgan fingerprint density at radius 2 is 2.26 bits per heavy atom. The summed E-state index contributed by atoms with van der Waals surface area (Å²) < 4.78 is 10.0. The highest BCUT2D eigenvalue weighted by Crippen LogP contribution is 2.22. The van der Waals surface area contributed by atoms with Crippen LogP contribution in [0.25, 0.3) is 11.4 Å². The Bertz CT molecular complexity index is 812. The molecule has 0 amide bonds. The predicted molar refractivity (Wildman–Crippen MR) is 87.5 cm³/mol. The van der Waals surface area contributed by atoms with Crippen LogP contribution in [0.5, 0.6) is 0 Å². The summed E-state index contributed by atoms with van der Waals surface area (Å²) >= 11 is 1.58. The number of aromatic nitrogens is 2. The molecule has 23 heavy (non-hydrogen) atoms. The van der Waals surface area contributed by atoms with E-state index >= 15 is 0 Å². The van der Waals surface area contributed by atoms with Gasteiger partial charge in [-0.25, -0.2) is 4.79 Å². The molecule has 6 nitrogen and oxygen atoms in total. The van der Waals surface area contributed by atoms with Crippen molar-refractivity contribution in [1.29, 1.82) is 0 Å². The van der Waals surface area contributed by atoms with Crippen LogP contribution in [0.2, 0.25) is 0 Å². The average molecular weight is 329 g/mol. The molecular weight excluding hydrogens is 314 g/mol. The highest BCUT2D eigenvalue weighted by molar-refractivity contribution is 7.08. The van der Waals surface area contributed by atoms with Gasteiger partial charge in [-0.1, -0.05) is 11.2 Å². The molecule has 0 fully saturated rings. The molecule has 1 aromatic carbocycles. The number of anilines is 1. The normalized spacial score (nSPS) is 10.5. The molecule has 0 saturated heterocycles. The lowest BCUT2D eigenvalue weighted by molar-refractivity contribution is 0.0600. The Labute approximate surface area is 137 Å². The van der Waals surface area contributed by atoms with E-state index in [2.05, 4.69) is 15.5 Å². The number of benzene rings is 1. The summed E-state index contributed by atoms with van der Waals surface area (Å²) in [5.41, 5.74) is 3.11. The first kappa shape index (κ1) is 15.2. The molecule has 0 aliphatic rings. The number of methoxy groups -OCH3 is 1. The van der Waals surface area contributed by atoms with Crippen LogP contribution in [0, 0.1) is 6.92 Å². The lowest BCUT2D eigenvalue weighted by Crippen LogP contribution is -2.07. The fraction of sp³-hybridized carbons (Fsp3) is 0.188. The number of thiophene rings is 1. The molecule has 0 bridgehead atoms. The second kappa shape index (κ2) is 6.62. The molecule has 0 aliphatic carbocycles. The maximum absolute atomic E-state index is 11.7. The molecule has 3 rings (SSSR count). The van der Waals surface area contributed by atoms with Gasteiger partial charge in [-0.3, -0.25) is 0 Å². The van der Waals surface area contributed by atoms with Crippen molar-refractivity contribution in [2.45, 2.75) is 13.5 Å². The first-order valence-corrected chi connectivity index (χ1v) is 7.90. The van der Waals surface area contributed by atoms with Crippen molar-refractivity contribution in [3.8, 4) is 11.4 Å². The van der Waals surface area contributed by atoms with E-state index in [1.807, 2.05) is 29.8 Å². The number of carbonyl (C=O) groups is 1. The zero-order valence-electron chi connectivity index (χ0n) is 12.7. The van der Waals surface area contributed by atoms with E-state index in [9.17, 15) is 4.79 Å². The molecule has 7 heteroatoms. The SMILES string of the molecule is COC(=O)c1cccc(NCc2nc(-c3ccsc3)no2)c1C. The van der Waals surface area contributed by atoms with Crippen molar-refractivity contribution >= 4 is 23.0 Å². The zero-order valence-corrected chi connectivity index (χ0v) is 13.5. The van der Waals surface area contributed by atoms with Crippen LogP contribution in [0.15, 0.2) is 39.5 Å². The van der Waals surface area contributed by atoms with E-state index in [0.29, 0.717) is 23.8 Å². The fourth-order valence-corrected chi connectivity index (χ4v) is 2.80. The molecule has 2 heterocycles. The molecular formula is C16H15N3O3S. The van der Waals surface area contributed by atoms with Crippen LogP contribution in [0.4, 0.5) is 5.69 Å². The third-order valence-corrected chi connectivity index (χ3v) is 4.10. The molecule has 0 aliphatic heterocycles. The third kappa shape index (κ3) is 3.24. The lowest BCUT2D eigenvalue weighted by Gasteiger charge is -2.10. The highest BCUT2D eigenvalue weighted by Gasteiger charge is 2.13. The zero-order chi connectivity index (χ0) is 16.2. The summed E-state index contributed by atoms with van der Waals surface area (Å²) in [6.45, 7) is 2.24. The highest BCUT2D eigenvalue weighted by atomic mass is 32.1. The average Bonchev–Trinajstić information content (AvgIpc) is 3.24. The summed E-state index contributed by atoms with van der Waals surface area (Å²) in [5.74, 6) is 0.695. The van der Waals surface area contributed by atoms with Crippen molar-refractivity contribution in [2.75, 3.05) is 12.4 Å². The summed E-state index contributed by atoms with van der Waals surface area (Å²) in [4.78, 5) is 16.1. The van der Waals surface area contributed by atoms with Gasteiger partial charge in [0.2, 0.25) is 11.7 Å². The van der Waals surface area contributed by atoms with Crippen LogP contribution in [-0.2, 0) is 11.3 Å². The Morgan fingerprint density at radius 3 is 3.00 bits per heavy atom. The van der Waals surface area contributed by atoms with Crippen LogP contribution in [0.1, 0.15) is 21.8 Å². The number of ether oxygens (including phenoxy) is 1. The van der Waals surface area contributed by atoms with E-state index in [1.54, 1.807) is 23.5 Å². The molecule has 0 atom stereocenters. The van der Waals surface area contributed by atoms with Crippen molar-refractivity contribution in [2.24, 2.45) is 0 Å². The number of esters is 1. The number of hydrogen-bond acceptors (Lipinski definition) is 7. The maximum atomic E-state index is 11.7. The van der Waals surface area contributed by atoms with Gasteiger partial charge in [-0.15, -0.1) is 0 Å². The molecule has 2 aromatic heterocycles. The molecule has 0 saturated carbocycles. The van der Waals surface area contributed by atoms with Crippen molar-refractivity contribution < 1.29 is 14.1 Å². The number of carbonyl (C=O) groups excluding carboxylic acids is 1. The van der Waals surface area contributed by atoms with Gasteiger partial charge < -0.3 is 14.6 Å². The topological polar surface area (TPSA) is 77.2 Å². The van der Waals surface area contributed by atoms with Crippen LogP contribution >= 0.6 is 11.3 Å². The van der Waals surface area contributed by atoms with Gasteiger partial charge in [0.1, 0.15) is 0 Å². The second-order valence-electron chi connectivity index (χ2n) is 4.85. The maximum Gasteiger partial charge on any atom is 0.338 e. The number of nitrogens with one attached hydrogen (secondary N) is 1. The molecule has 118 valence electrons. The minimum absolute atomic E-state index is 0.358. The van der Waals surface area contributed by atoms with Gasteiger partial charge in [0.25, 0.3) is 0 Å². The van der Waals surface area contributed by atoms with Crippen molar-refractivity contribution in [3.63, 3.8) is 0 Å². The van der Waals surface area contributed by atoms with E-state index < -0.39 is 0 Å². The summed E-state index contributed by atoms with van der Waals surface area (Å²) in [5, 5.41) is 11.1. The van der Waals surface area contributed by atoms with E-state index in [1.165, 1.54) is 7.11 Å². The molecule has 0 spiro atoms. The molecule has 3 aromatic rings. The van der Waals surface area contributed by atoms with Gasteiger partial charge in [0, 0.05) is 16.6 Å². The largest absolute Gasteiger partial charge is 0.465 e. The third-order valence-electron chi connectivity index (χ3n) is 3.42. The summed E-state index contributed by atoms with van der Waals surface area (Å²) in [6, 6.07) is 7.36. The first-order valence-electron chi connectivity index (χ1n) is 6.96. The standard InChI is InChI=1S/C16H15N3O3S/c1-10-12(16(20)21-2)4-3-5-13(10)17-8-14-18-15(19-22-14)11-6-7-23-9-11/h3-7,9,17H,8H2,1-2H3. The molecule has 1 N–H and O–H groups in total. The van der Waals surface area contributed by atoms with Crippen molar-refractivity contribution in [1.82, 2.24) is 10.1 Å². The number of hydrogen-bond donors (Lipinski definition) is 1. The summed E-state index contributed by atoms with van der Waals surface area (Å²) in [6.07, 6.45) is 0. The van der Waals surface area contributed by atoms with E-state index in [0.717, 1.165) is 16.8 Å². The molecule has 0 radical (unpaired) electrons. The van der Waals surface area contributed by atoms with Gasteiger partial charge in [-0.2, -0.15) is 16.3 Å². The van der Waals surface area contributed by atoms with Crippen molar-refractivity contribution in [3.05, 3.63) is 52.0 Å². The van der Waals surface area contributed by atoms with E-state index in [-0.39, 0.29) is 5.97 Å². The Kier molecular flexibility index (Phi) is 4.38. The lowest BCUT2D eigenvalue weighted by atomic mass is 10.1. The van der Waals surface area contributed by atoms with Gasteiger partial charge in [-0.05, 0) is 36.1 Å². The van der Waals surface area contributed by atoms with Crippen LogP contribution < -0.4 is 5.32 Å². The van der Waals surface area contributed by atoms with Gasteiger partial charge in [0.15, 0.2) is 0 Å². The monoisotopic (exact) mass is 329 g/mol. The number of rotatable bonds is 5. The van der Waals surface area contributed by atoms with E-state index in [4.69, 9.17) is 9.26 Å². The van der Waals surface area contributed by atoms with Gasteiger partial charge in [0.05, 0.1) is 19.2 Å². The Balaban J connectivity index is 1.73.